The van der Waals surface area contributed by atoms with Gasteiger partial charge in [0, 0.05) is 5.92 Å². The van der Waals surface area contributed by atoms with Gasteiger partial charge in [0.15, 0.2) is 34.7 Å². The van der Waals surface area contributed by atoms with E-state index in [1.165, 1.54) is 25.1 Å². The van der Waals surface area contributed by atoms with Crippen LogP contribution in [0.2, 0.25) is 0 Å². The summed E-state index contributed by atoms with van der Waals surface area (Å²) in [5.41, 5.74) is 2.55. The highest BCUT2D eigenvalue weighted by molar-refractivity contribution is 6.32. The first-order valence-electron chi connectivity index (χ1n) is 14.0. The van der Waals surface area contributed by atoms with Crippen LogP contribution in [-0.2, 0) is 33.5 Å². The highest BCUT2D eigenvalue weighted by Crippen LogP contribution is 2.56. The van der Waals surface area contributed by atoms with Crippen LogP contribution in [0, 0.1) is 23.7 Å². The number of rotatable bonds is 9. The van der Waals surface area contributed by atoms with E-state index in [4.69, 9.17) is 10.5 Å². The second kappa shape index (κ2) is 11.5. The molecule has 0 heterocycles. The number of ketones is 5. The molecule has 0 saturated heterocycles. The second-order valence-electron chi connectivity index (χ2n) is 11.8. The SMILES string of the molecule is CCCCC[C@@H]1c2cccc(O)c2C(=O)C2C(=O)[C@@]3(O)C(=O)C(C(N)=O)C(=O)[C@H](N(C)C)[C@H]3[C@H](OC(=O)CC(C)=O)[C@H]21. The largest absolute Gasteiger partial charge is 0.507 e. The van der Waals surface area contributed by atoms with Gasteiger partial charge in [0.05, 0.1) is 23.4 Å². The summed E-state index contributed by atoms with van der Waals surface area (Å²) in [7, 11) is 2.86. The average molecular weight is 585 g/mol. The number of phenolic OH excluding ortho intramolecular Hbond substituents is 1. The van der Waals surface area contributed by atoms with Gasteiger partial charge in [-0.3, -0.25) is 38.5 Å². The fraction of sp³-hybridized carbons (Fsp3) is 0.567. The van der Waals surface area contributed by atoms with Gasteiger partial charge in [-0.2, -0.15) is 0 Å². The van der Waals surface area contributed by atoms with Gasteiger partial charge in [0.1, 0.15) is 24.1 Å². The topological polar surface area (TPSA) is 198 Å². The molecule has 2 fully saturated rings. The third-order valence-electron chi connectivity index (χ3n) is 8.90. The van der Waals surface area contributed by atoms with Crippen molar-refractivity contribution in [3.8, 4) is 5.75 Å². The van der Waals surface area contributed by atoms with E-state index in [2.05, 4.69) is 0 Å². The van der Waals surface area contributed by atoms with Gasteiger partial charge >= 0.3 is 5.97 Å². The lowest BCUT2D eigenvalue weighted by Gasteiger charge is -2.57. The molecule has 2 unspecified atom stereocenters. The average Bonchev–Trinajstić information content (AvgIpc) is 2.88. The van der Waals surface area contributed by atoms with Crippen LogP contribution < -0.4 is 5.73 Å². The van der Waals surface area contributed by atoms with Crippen molar-refractivity contribution in [3.63, 3.8) is 0 Å². The number of nitrogens with zero attached hydrogens (tertiary/aromatic N) is 1. The Kier molecular flexibility index (Phi) is 8.52. The number of ether oxygens (including phenoxy) is 1. The van der Waals surface area contributed by atoms with Gasteiger partial charge in [0.25, 0.3) is 0 Å². The molecule has 4 N–H and O–H groups in total. The molecule has 3 aliphatic carbocycles. The second-order valence-corrected chi connectivity index (χ2v) is 11.8. The number of hydrogen-bond donors (Lipinski definition) is 3. The number of carbonyl (C=O) groups excluding carboxylic acids is 7. The third kappa shape index (κ3) is 4.76. The molecule has 0 aliphatic heterocycles. The normalized spacial score (nSPS) is 32.2. The Morgan fingerprint density at radius 3 is 2.31 bits per heavy atom. The van der Waals surface area contributed by atoms with Gasteiger partial charge in [-0.15, -0.1) is 0 Å². The molecule has 12 heteroatoms. The van der Waals surface area contributed by atoms with Crippen molar-refractivity contribution < 1.29 is 48.5 Å². The fourth-order valence-corrected chi connectivity index (χ4v) is 7.24. The van der Waals surface area contributed by atoms with Crippen molar-refractivity contribution in [2.24, 2.45) is 29.4 Å². The van der Waals surface area contributed by atoms with Crippen LogP contribution in [0.5, 0.6) is 5.75 Å². The first kappa shape index (κ1) is 31.2. The lowest BCUT2D eigenvalue weighted by molar-refractivity contribution is -0.206. The number of hydrogen-bond acceptors (Lipinski definition) is 11. The summed E-state index contributed by atoms with van der Waals surface area (Å²) in [5.74, 6) is -15.4. The molecule has 42 heavy (non-hydrogen) atoms. The highest BCUT2D eigenvalue weighted by atomic mass is 16.5. The summed E-state index contributed by atoms with van der Waals surface area (Å²) < 4.78 is 5.82. The Balaban J connectivity index is 2.03. The predicted molar refractivity (Wildman–Crippen MR) is 145 cm³/mol. The predicted octanol–water partition coefficient (Wildman–Crippen LogP) is 0.489. The number of esters is 1. The Morgan fingerprint density at radius 1 is 1.07 bits per heavy atom. The van der Waals surface area contributed by atoms with E-state index in [1.807, 2.05) is 6.92 Å². The fourth-order valence-electron chi connectivity index (χ4n) is 7.24. The summed E-state index contributed by atoms with van der Waals surface area (Å²) in [4.78, 5) is 94.2. The maximum atomic E-state index is 14.3. The number of amides is 1. The number of nitrogens with two attached hydrogens (primary N) is 1. The summed E-state index contributed by atoms with van der Waals surface area (Å²) in [5, 5.41) is 22.8. The first-order chi connectivity index (χ1) is 19.7. The quantitative estimate of drug-likeness (QED) is 0.207. The van der Waals surface area contributed by atoms with E-state index < -0.39 is 100 Å². The molecule has 3 aliphatic rings. The summed E-state index contributed by atoms with van der Waals surface area (Å²) in [6, 6.07) is 2.95. The molecule has 2 saturated carbocycles. The van der Waals surface area contributed by atoms with Crippen molar-refractivity contribution >= 4 is 40.8 Å². The van der Waals surface area contributed by atoms with E-state index in [0.29, 0.717) is 18.4 Å². The number of likely N-dealkylation sites (N-methyl/N-ethyl adjacent to an activating group) is 1. The van der Waals surface area contributed by atoms with E-state index >= 15 is 0 Å². The van der Waals surface area contributed by atoms with E-state index in [0.717, 1.165) is 19.8 Å². The van der Waals surface area contributed by atoms with Crippen LogP contribution in [0.3, 0.4) is 0 Å². The van der Waals surface area contributed by atoms with Gasteiger partial charge in [0.2, 0.25) is 5.91 Å². The van der Waals surface area contributed by atoms with E-state index in [-0.39, 0.29) is 5.56 Å². The van der Waals surface area contributed by atoms with Gasteiger partial charge in [-0.1, -0.05) is 38.3 Å². The number of carbonyl (C=O) groups is 7. The van der Waals surface area contributed by atoms with Crippen LogP contribution in [0.4, 0.5) is 0 Å². The molecule has 4 rings (SSSR count). The smallest absolute Gasteiger partial charge is 0.313 e. The number of fused-ring (bicyclic) bond motifs is 3. The van der Waals surface area contributed by atoms with Crippen LogP contribution >= 0.6 is 0 Å². The number of phenols is 1. The highest BCUT2D eigenvalue weighted by Gasteiger charge is 2.74. The number of aromatic hydroxyl groups is 1. The molecule has 8 atom stereocenters. The number of aliphatic hydroxyl groups is 1. The number of benzene rings is 1. The molecule has 12 nitrogen and oxygen atoms in total. The van der Waals surface area contributed by atoms with Crippen LogP contribution in [0.15, 0.2) is 18.2 Å². The minimum Gasteiger partial charge on any atom is -0.507 e. The minimum absolute atomic E-state index is 0.139. The van der Waals surface area contributed by atoms with Gasteiger partial charge in [-0.05, 0) is 45.0 Å². The Hall–Kier alpha value is -3.77. The van der Waals surface area contributed by atoms with Crippen molar-refractivity contribution in [1.82, 2.24) is 4.90 Å². The Labute approximate surface area is 242 Å². The van der Waals surface area contributed by atoms with E-state index in [1.54, 1.807) is 12.1 Å². The summed E-state index contributed by atoms with van der Waals surface area (Å²) in [6.07, 6.45) is 0.385. The Bertz CT molecular complexity index is 1370. The standard InChI is InChI=1S/C30H36N2O10/c1-5-6-7-9-15-14-10-8-11-16(34)18(14)24(36)20-19(15)26(42-17(35)12-13(2)33)22-23(32(3)4)25(37)21(29(31)40)28(39)30(22,41)27(20)38/h8,10-11,15,19-23,26,34,41H,5-7,9,12H2,1-4H3,(H2,31,40)/t15-,19+,20?,21?,22+,23-,26-,30-/m1/s1. The molecule has 226 valence electrons. The summed E-state index contributed by atoms with van der Waals surface area (Å²) >= 11 is 0. The molecule has 0 radical (unpaired) electrons. The zero-order chi connectivity index (χ0) is 31.3. The van der Waals surface area contributed by atoms with Crippen molar-refractivity contribution in [2.75, 3.05) is 14.1 Å². The number of unbranched alkanes of at least 4 members (excludes halogenated alkanes) is 2. The Morgan fingerprint density at radius 2 is 1.74 bits per heavy atom. The number of primary amides is 1. The van der Waals surface area contributed by atoms with Crippen molar-refractivity contribution in [2.45, 2.75) is 69.6 Å². The molecular formula is C30H36N2O10. The third-order valence-corrected chi connectivity index (χ3v) is 8.90. The monoisotopic (exact) mass is 584 g/mol. The van der Waals surface area contributed by atoms with Crippen molar-refractivity contribution in [3.05, 3.63) is 29.3 Å². The summed E-state index contributed by atoms with van der Waals surface area (Å²) in [6.45, 7) is 3.15. The van der Waals surface area contributed by atoms with Crippen LogP contribution in [0.25, 0.3) is 0 Å². The maximum Gasteiger partial charge on any atom is 0.313 e. The van der Waals surface area contributed by atoms with Gasteiger partial charge in [-0.25, -0.2) is 0 Å². The lowest BCUT2D eigenvalue weighted by atomic mass is 9.49. The molecule has 1 aromatic carbocycles. The molecule has 0 bridgehead atoms. The molecule has 0 aromatic heterocycles. The zero-order valence-electron chi connectivity index (χ0n) is 24.0. The van der Waals surface area contributed by atoms with Crippen LogP contribution in [-0.4, -0.2) is 87.7 Å². The molecule has 1 aromatic rings. The number of Topliss-reactive ketones (excluding diaryl/α,β-unsaturated/α-hetero) is 5. The maximum absolute atomic E-state index is 14.3. The molecule has 1 amide bonds. The van der Waals surface area contributed by atoms with Crippen LogP contribution in [0.1, 0.15) is 67.8 Å². The first-order valence-corrected chi connectivity index (χ1v) is 14.0. The van der Waals surface area contributed by atoms with E-state index in [9.17, 15) is 43.8 Å². The zero-order valence-corrected chi connectivity index (χ0v) is 24.0. The molecular weight excluding hydrogens is 548 g/mol. The lowest BCUT2D eigenvalue weighted by Crippen LogP contribution is -2.78. The molecule has 0 spiro atoms. The van der Waals surface area contributed by atoms with Crippen molar-refractivity contribution in [1.29, 1.82) is 0 Å². The van der Waals surface area contributed by atoms with Gasteiger partial charge < -0.3 is 20.7 Å². The minimum atomic E-state index is -3.11.